The zero-order valence-electron chi connectivity index (χ0n) is 16.1. The summed E-state index contributed by atoms with van der Waals surface area (Å²) in [4.78, 5) is 37.8. The Labute approximate surface area is 163 Å². The second kappa shape index (κ2) is 8.77. The quantitative estimate of drug-likeness (QED) is 0.794. The maximum absolute atomic E-state index is 12.4. The predicted molar refractivity (Wildman–Crippen MR) is 103 cm³/mol. The largest absolute Gasteiger partial charge is 0.452 e. The molecule has 0 radical (unpaired) electrons. The maximum Gasteiger partial charge on any atom is 0.409 e. The van der Waals surface area contributed by atoms with Crippen LogP contribution in [0.4, 0.5) is 4.79 Å². The number of amides is 2. The fourth-order valence-electron chi connectivity index (χ4n) is 3.40. The van der Waals surface area contributed by atoms with Gasteiger partial charge in [0, 0.05) is 43.3 Å². The van der Waals surface area contributed by atoms with Crippen LogP contribution in [0.1, 0.15) is 30.1 Å². The van der Waals surface area contributed by atoms with Gasteiger partial charge in [0.25, 0.3) is 5.91 Å². The van der Waals surface area contributed by atoms with Crippen LogP contribution in [0.2, 0.25) is 0 Å². The SMILES string of the molecule is CCOC(=O)N1CCC(NC(=O)COC(=O)c2cn(C)c3ccccc23)CC1. The molecule has 0 atom stereocenters. The number of rotatable bonds is 5. The van der Waals surface area contributed by atoms with Gasteiger partial charge in [0.05, 0.1) is 12.2 Å². The van der Waals surface area contributed by atoms with Gasteiger partial charge in [-0.25, -0.2) is 9.59 Å². The van der Waals surface area contributed by atoms with Crippen molar-refractivity contribution in [2.24, 2.45) is 7.05 Å². The van der Waals surface area contributed by atoms with Crippen LogP contribution in [0.3, 0.4) is 0 Å². The molecule has 1 fully saturated rings. The zero-order valence-corrected chi connectivity index (χ0v) is 16.1. The Bertz CT molecular complexity index is 868. The van der Waals surface area contributed by atoms with Crippen LogP contribution in [0, 0.1) is 0 Å². The average molecular weight is 387 g/mol. The molecule has 150 valence electrons. The first-order valence-electron chi connectivity index (χ1n) is 9.41. The van der Waals surface area contributed by atoms with Gasteiger partial charge in [0.15, 0.2) is 6.61 Å². The molecule has 0 bridgehead atoms. The summed E-state index contributed by atoms with van der Waals surface area (Å²) in [5, 5.41) is 3.65. The third-order valence-electron chi connectivity index (χ3n) is 4.84. The molecule has 1 aliphatic heterocycles. The van der Waals surface area contributed by atoms with Crippen molar-refractivity contribution < 1.29 is 23.9 Å². The minimum atomic E-state index is -0.524. The fourth-order valence-corrected chi connectivity index (χ4v) is 3.40. The first-order chi connectivity index (χ1) is 13.5. The number of likely N-dealkylation sites (tertiary alicyclic amines) is 1. The normalized spacial score (nSPS) is 14.7. The van der Waals surface area contributed by atoms with E-state index in [0.717, 1.165) is 10.9 Å². The number of esters is 1. The van der Waals surface area contributed by atoms with Crippen LogP contribution in [0.25, 0.3) is 10.9 Å². The first kappa shape index (κ1) is 19.7. The van der Waals surface area contributed by atoms with Crippen molar-refractivity contribution >= 4 is 28.9 Å². The summed E-state index contributed by atoms with van der Waals surface area (Å²) in [6.07, 6.45) is 2.66. The summed E-state index contributed by atoms with van der Waals surface area (Å²) in [5.41, 5.74) is 1.36. The van der Waals surface area contributed by atoms with E-state index in [-0.39, 0.29) is 24.6 Å². The van der Waals surface area contributed by atoms with Crippen molar-refractivity contribution in [2.45, 2.75) is 25.8 Å². The van der Waals surface area contributed by atoms with E-state index in [0.29, 0.717) is 38.1 Å². The second-order valence-electron chi connectivity index (χ2n) is 6.77. The lowest BCUT2D eigenvalue weighted by Crippen LogP contribution is -2.47. The molecule has 1 N–H and O–H groups in total. The van der Waals surface area contributed by atoms with Crippen molar-refractivity contribution in [3.63, 3.8) is 0 Å². The Balaban J connectivity index is 1.47. The number of aromatic nitrogens is 1. The van der Waals surface area contributed by atoms with Gasteiger partial charge in [-0.1, -0.05) is 18.2 Å². The summed E-state index contributed by atoms with van der Waals surface area (Å²) in [5.74, 6) is -0.868. The van der Waals surface area contributed by atoms with E-state index in [1.807, 2.05) is 35.9 Å². The lowest BCUT2D eigenvalue weighted by molar-refractivity contribution is -0.125. The molecule has 0 saturated carbocycles. The summed E-state index contributed by atoms with van der Waals surface area (Å²) < 4.78 is 12.0. The maximum atomic E-state index is 12.4. The van der Waals surface area contributed by atoms with E-state index in [2.05, 4.69) is 5.32 Å². The number of nitrogens with zero attached hydrogens (tertiary/aromatic N) is 2. The van der Waals surface area contributed by atoms with Crippen LogP contribution in [0.15, 0.2) is 30.5 Å². The highest BCUT2D eigenvalue weighted by molar-refractivity contribution is 6.04. The molecule has 28 heavy (non-hydrogen) atoms. The van der Waals surface area contributed by atoms with Crippen LogP contribution in [-0.4, -0.2) is 59.8 Å². The predicted octanol–water partition coefficient (Wildman–Crippen LogP) is 2.07. The number of fused-ring (bicyclic) bond motifs is 1. The van der Waals surface area contributed by atoms with Crippen LogP contribution < -0.4 is 5.32 Å². The highest BCUT2D eigenvalue weighted by Gasteiger charge is 2.25. The van der Waals surface area contributed by atoms with Gasteiger partial charge < -0.3 is 24.3 Å². The topological polar surface area (TPSA) is 89.9 Å². The molecule has 2 heterocycles. The third-order valence-corrected chi connectivity index (χ3v) is 4.84. The molecule has 8 nitrogen and oxygen atoms in total. The summed E-state index contributed by atoms with van der Waals surface area (Å²) >= 11 is 0. The van der Waals surface area contributed by atoms with E-state index in [1.165, 1.54) is 0 Å². The van der Waals surface area contributed by atoms with Crippen molar-refractivity contribution in [1.82, 2.24) is 14.8 Å². The van der Waals surface area contributed by atoms with Crippen LogP contribution >= 0.6 is 0 Å². The number of aryl methyl sites for hydroxylation is 1. The van der Waals surface area contributed by atoms with E-state index < -0.39 is 5.97 Å². The molecule has 0 unspecified atom stereocenters. The Morgan fingerprint density at radius 3 is 2.57 bits per heavy atom. The Morgan fingerprint density at radius 2 is 1.86 bits per heavy atom. The second-order valence-corrected chi connectivity index (χ2v) is 6.77. The summed E-state index contributed by atoms with van der Waals surface area (Å²) in [6.45, 7) is 2.83. The van der Waals surface area contributed by atoms with E-state index in [4.69, 9.17) is 9.47 Å². The number of piperidine rings is 1. The number of ether oxygens (including phenoxy) is 2. The molecule has 8 heteroatoms. The number of carbonyl (C=O) groups excluding carboxylic acids is 3. The Hall–Kier alpha value is -3.03. The molecule has 0 aliphatic carbocycles. The van der Waals surface area contributed by atoms with Gasteiger partial charge in [0.1, 0.15) is 0 Å². The minimum absolute atomic E-state index is 0.0468. The molecule has 1 aromatic carbocycles. The van der Waals surface area contributed by atoms with Gasteiger partial charge in [-0.15, -0.1) is 0 Å². The molecule has 3 rings (SSSR count). The van der Waals surface area contributed by atoms with E-state index >= 15 is 0 Å². The monoisotopic (exact) mass is 387 g/mol. The van der Waals surface area contributed by atoms with E-state index in [1.54, 1.807) is 18.0 Å². The van der Waals surface area contributed by atoms with Crippen molar-refractivity contribution in [2.75, 3.05) is 26.3 Å². The van der Waals surface area contributed by atoms with Gasteiger partial charge in [-0.05, 0) is 25.8 Å². The molecule has 0 spiro atoms. The van der Waals surface area contributed by atoms with Gasteiger partial charge in [-0.3, -0.25) is 4.79 Å². The number of benzene rings is 1. The number of nitrogens with one attached hydrogen (secondary N) is 1. The van der Waals surface area contributed by atoms with Crippen molar-refractivity contribution in [1.29, 1.82) is 0 Å². The standard InChI is InChI=1S/C20H25N3O5/c1-3-27-20(26)23-10-8-14(9-11-23)21-18(24)13-28-19(25)16-12-22(2)17-7-5-4-6-15(16)17/h4-7,12,14H,3,8-11,13H2,1-2H3,(H,21,24). The molecule has 2 aromatic rings. The number of carbonyl (C=O) groups is 3. The lowest BCUT2D eigenvalue weighted by Gasteiger charge is -2.31. The van der Waals surface area contributed by atoms with Crippen molar-refractivity contribution in [3.8, 4) is 0 Å². The van der Waals surface area contributed by atoms with Crippen molar-refractivity contribution in [3.05, 3.63) is 36.0 Å². The molecular formula is C20H25N3O5. The fraction of sp³-hybridized carbons (Fsp3) is 0.450. The molecule has 2 amide bonds. The first-order valence-corrected chi connectivity index (χ1v) is 9.41. The lowest BCUT2D eigenvalue weighted by atomic mass is 10.1. The smallest absolute Gasteiger partial charge is 0.409 e. The highest BCUT2D eigenvalue weighted by atomic mass is 16.6. The van der Waals surface area contributed by atoms with Gasteiger partial charge in [0.2, 0.25) is 0 Å². The number of hydrogen-bond acceptors (Lipinski definition) is 5. The van der Waals surface area contributed by atoms with E-state index in [9.17, 15) is 14.4 Å². The molecule has 1 aliphatic rings. The third kappa shape index (κ3) is 4.44. The molecule has 1 aromatic heterocycles. The highest BCUT2D eigenvalue weighted by Crippen LogP contribution is 2.21. The Kier molecular flexibility index (Phi) is 6.18. The minimum Gasteiger partial charge on any atom is -0.452 e. The van der Waals surface area contributed by atoms with Crippen LogP contribution in [-0.2, 0) is 21.3 Å². The average Bonchev–Trinajstić information content (AvgIpc) is 3.04. The number of para-hydroxylation sites is 1. The zero-order chi connectivity index (χ0) is 20.1. The number of hydrogen-bond donors (Lipinski definition) is 1. The van der Waals surface area contributed by atoms with Gasteiger partial charge in [-0.2, -0.15) is 0 Å². The molecular weight excluding hydrogens is 362 g/mol. The Morgan fingerprint density at radius 1 is 1.14 bits per heavy atom. The van der Waals surface area contributed by atoms with Gasteiger partial charge >= 0.3 is 12.1 Å². The molecule has 1 saturated heterocycles. The summed E-state index contributed by atoms with van der Waals surface area (Å²) in [6, 6.07) is 7.48. The van der Waals surface area contributed by atoms with Crippen LogP contribution in [0.5, 0.6) is 0 Å². The summed E-state index contributed by atoms with van der Waals surface area (Å²) in [7, 11) is 1.86.